The second-order valence-electron chi connectivity index (χ2n) is 4.91. The molecule has 0 saturated heterocycles. The van der Waals surface area contributed by atoms with Crippen molar-refractivity contribution in [2.24, 2.45) is 5.41 Å². The van der Waals surface area contributed by atoms with E-state index >= 15 is 0 Å². The lowest BCUT2D eigenvalue weighted by molar-refractivity contribution is 0.0927. The van der Waals surface area contributed by atoms with Crippen LogP contribution in [0.2, 0.25) is 0 Å². The summed E-state index contributed by atoms with van der Waals surface area (Å²) in [5.41, 5.74) is 0.312. The van der Waals surface area contributed by atoms with Gasteiger partial charge < -0.3 is 10.6 Å². The van der Waals surface area contributed by atoms with Crippen molar-refractivity contribution in [3.05, 3.63) is 5.01 Å². The largest absolute Gasteiger partial charge is 0.363 e. The Balaban J connectivity index is 1.91. The highest BCUT2D eigenvalue weighted by atomic mass is 32.1. The molecule has 0 radical (unpaired) electrons. The summed E-state index contributed by atoms with van der Waals surface area (Å²) in [6, 6.07) is 0. The molecule has 1 amide bonds. The van der Waals surface area contributed by atoms with Gasteiger partial charge in [-0.15, -0.1) is 10.2 Å². The monoisotopic (exact) mass is 268 g/mol. The molecule has 0 aliphatic heterocycles. The minimum absolute atomic E-state index is 0.103. The van der Waals surface area contributed by atoms with Gasteiger partial charge in [-0.05, 0) is 24.7 Å². The molecule has 0 spiro atoms. The molecule has 1 aliphatic carbocycles. The third kappa shape index (κ3) is 2.80. The van der Waals surface area contributed by atoms with E-state index in [0.29, 0.717) is 15.6 Å². The van der Waals surface area contributed by atoms with Gasteiger partial charge >= 0.3 is 0 Å². The van der Waals surface area contributed by atoms with Crippen LogP contribution < -0.4 is 10.6 Å². The fourth-order valence-corrected chi connectivity index (χ4v) is 3.15. The van der Waals surface area contributed by atoms with Crippen LogP contribution in [0, 0.1) is 5.41 Å². The second kappa shape index (κ2) is 5.65. The minimum atomic E-state index is -0.103. The normalized spacial score (nSPS) is 17.7. The highest BCUT2D eigenvalue weighted by molar-refractivity contribution is 7.17. The fraction of sp³-hybridized carbons (Fsp3) is 0.750. The van der Waals surface area contributed by atoms with E-state index in [2.05, 4.69) is 27.8 Å². The number of hydrogen-bond acceptors (Lipinski definition) is 5. The molecule has 100 valence electrons. The van der Waals surface area contributed by atoms with Crippen LogP contribution in [0.1, 0.15) is 48.8 Å². The quantitative estimate of drug-likeness (QED) is 0.859. The van der Waals surface area contributed by atoms with Crippen molar-refractivity contribution in [1.82, 2.24) is 15.5 Å². The molecule has 0 unspecified atom stereocenters. The topological polar surface area (TPSA) is 66.9 Å². The van der Waals surface area contributed by atoms with Gasteiger partial charge in [-0.2, -0.15) is 0 Å². The Labute approximate surface area is 111 Å². The Kier molecular flexibility index (Phi) is 4.16. The van der Waals surface area contributed by atoms with Gasteiger partial charge in [-0.1, -0.05) is 31.1 Å². The van der Waals surface area contributed by atoms with Gasteiger partial charge in [0.2, 0.25) is 10.1 Å². The van der Waals surface area contributed by atoms with Gasteiger partial charge in [-0.25, -0.2) is 0 Å². The zero-order valence-electron chi connectivity index (χ0n) is 11.0. The number of anilines is 1. The molecule has 2 N–H and O–H groups in total. The molecule has 1 heterocycles. The molecular weight excluding hydrogens is 248 g/mol. The molecule has 1 aromatic rings. The van der Waals surface area contributed by atoms with E-state index in [-0.39, 0.29) is 5.91 Å². The molecule has 0 aromatic carbocycles. The van der Waals surface area contributed by atoms with Crippen molar-refractivity contribution in [2.75, 3.05) is 18.9 Å². The van der Waals surface area contributed by atoms with E-state index in [1.807, 2.05) is 0 Å². The summed E-state index contributed by atoms with van der Waals surface area (Å²) < 4.78 is 0. The molecule has 0 bridgehead atoms. The minimum Gasteiger partial charge on any atom is -0.363 e. The van der Waals surface area contributed by atoms with Gasteiger partial charge in [0, 0.05) is 13.6 Å². The first-order valence-corrected chi connectivity index (χ1v) is 7.30. The summed E-state index contributed by atoms with van der Waals surface area (Å²) in [6.07, 6.45) is 6.15. The maximum Gasteiger partial charge on any atom is 0.282 e. The Morgan fingerprint density at radius 3 is 2.67 bits per heavy atom. The Hall–Kier alpha value is -1.17. The summed E-state index contributed by atoms with van der Waals surface area (Å²) in [4.78, 5) is 12.0. The van der Waals surface area contributed by atoms with Gasteiger partial charge in [0.1, 0.15) is 0 Å². The first-order valence-electron chi connectivity index (χ1n) is 6.48. The lowest BCUT2D eigenvalue weighted by atomic mass is 9.83. The van der Waals surface area contributed by atoms with Crippen LogP contribution in [0.25, 0.3) is 0 Å². The molecule has 2 rings (SSSR count). The maximum absolute atomic E-state index is 12.0. The number of hydrogen-bond donors (Lipinski definition) is 2. The Morgan fingerprint density at radius 1 is 1.39 bits per heavy atom. The van der Waals surface area contributed by atoms with Crippen molar-refractivity contribution < 1.29 is 4.79 Å². The number of nitrogens with zero attached hydrogens (tertiary/aromatic N) is 2. The zero-order chi connectivity index (χ0) is 13.0. The van der Waals surface area contributed by atoms with E-state index in [1.165, 1.54) is 37.0 Å². The number of rotatable bonds is 5. The van der Waals surface area contributed by atoms with Crippen LogP contribution >= 0.6 is 11.3 Å². The molecule has 5 nitrogen and oxygen atoms in total. The standard InChI is InChI=1S/C12H20N4OS/c1-3-12(6-4-5-7-12)8-14-9(17)10-15-16-11(13-2)18-10/h3-8H2,1-2H3,(H,13,16)(H,14,17). The first kappa shape index (κ1) is 13.3. The van der Waals surface area contributed by atoms with E-state index in [9.17, 15) is 4.79 Å². The average molecular weight is 268 g/mol. The Morgan fingerprint density at radius 2 is 2.11 bits per heavy atom. The van der Waals surface area contributed by atoms with Crippen LogP contribution in [0.15, 0.2) is 0 Å². The highest BCUT2D eigenvalue weighted by Gasteiger charge is 2.32. The second-order valence-corrected chi connectivity index (χ2v) is 5.88. The van der Waals surface area contributed by atoms with Crippen LogP contribution in [0.4, 0.5) is 5.13 Å². The van der Waals surface area contributed by atoms with Gasteiger partial charge in [0.15, 0.2) is 0 Å². The first-order chi connectivity index (χ1) is 8.69. The lowest BCUT2D eigenvalue weighted by Gasteiger charge is -2.27. The third-order valence-corrected chi connectivity index (χ3v) is 4.81. The zero-order valence-corrected chi connectivity index (χ0v) is 11.8. The number of amides is 1. The van der Waals surface area contributed by atoms with Crippen LogP contribution in [0.5, 0.6) is 0 Å². The summed E-state index contributed by atoms with van der Waals surface area (Å²) in [6.45, 7) is 2.97. The van der Waals surface area contributed by atoms with Crippen molar-refractivity contribution >= 4 is 22.4 Å². The number of carbonyl (C=O) groups excluding carboxylic acids is 1. The van der Waals surface area contributed by atoms with Crippen molar-refractivity contribution in [2.45, 2.75) is 39.0 Å². The highest BCUT2D eigenvalue weighted by Crippen LogP contribution is 2.40. The van der Waals surface area contributed by atoms with Gasteiger partial charge in [-0.3, -0.25) is 4.79 Å². The van der Waals surface area contributed by atoms with Crippen molar-refractivity contribution in [1.29, 1.82) is 0 Å². The van der Waals surface area contributed by atoms with E-state index in [0.717, 1.165) is 13.0 Å². The molecule has 0 atom stereocenters. The molecule has 1 fully saturated rings. The summed E-state index contributed by atoms with van der Waals surface area (Å²) in [5.74, 6) is -0.103. The summed E-state index contributed by atoms with van der Waals surface area (Å²) >= 11 is 1.28. The number of carbonyl (C=O) groups is 1. The molecule has 1 saturated carbocycles. The lowest BCUT2D eigenvalue weighted by Crippen LogP contribution is -2.35. The van der Waals surface area contributed by atoms with Gasteiger partial charge in [0.05, 0.1) is 0 Å². The van der Waals surface area contributed by atoms with Crippen molar-refractivity contribution in [3.63, 3.8) is 0 Å². The van der Waals surface area contributed by atoms with E-state index in [1.54, 1.807) is 7.05 Å². The van der Waals surface area contributed by atoms with Crippen molar-refractivity contribution in [3.8, 4) is 0 Å². The Bertz CT molecular complexity index is 412. The van der Waals surface area contributed by atoms with Gasteiger partial charge in [0.25, 0.3) is 5.91 Å². The SMILES string of the molecule is CCC1(CNC(=O)c2nnc(NC)s2)CCCC1. The predicted molar refractivity (Wildman–Crippen MR) is 73.0 cm³/mol. The number of aromatic nitrogens is 2. The molecule has 6 heteroatoms. The molecule has 18 heavy (non-hydrogen) atoms. The smallest absolute Gasteiger partial charge is 0.282 e. The third-order valence-electron chi connectivity index (χ3n) is 3.87. The molecule has 1 aliphatic rings. The van der Waals surface area contributed by atoms with Crippen LogP contribution in [0.3, 0.4) is 0 Å². The van der Waals surface area contributed by atoms with Crippen LogP contribution in [-0.4, -0.2) is 29.7 Å². The molecular formula is C12H20N4OS. The predicted octanol–water partition coefficient (Wildman–Crippen LogP) is 2.28. The van der Waals surface area contributed by atoms with Crippen LogP contribution in [-0.2, 0) is 0 Å². The summed E-state index contributed by atoms with van der Waals surface area (Å²) in [7, 11) is 1.77. The fourth-order valence-electron chi connectivity index (χ4n) is 2.54. The summed E-state index contributed by atoms with van der Waals surface area (Å²) in [5, 5.41) is 14.7. The van der Waals surface area contributed by atoms with E-state index < -0.39 is 0 Å². The molecule has 1 aromatic heterocycles. The number of nitrogens with one attached hydrogen (secondary N) is 2. The maximum atomic E-state index is 12.0. The van der Waals surface area contributed by atoms with E-state index in [4.69, 9.17) is 0 Å². The average Bonchev–Trinajstić information content (AvgIpc) is 3.05.